The number of aromatic nitrogens is 3. The summed E-state index contributed by atoms with van der Waals surface area (Å²) in [4.78, 5) is 13.1. The van der Waals surface area contributed by atoms with E-state index in [0.29, 0.717) is 6.01 Å². The molecule has 0 atom stereocenters. The molecule has 5 heteroatoms. The van der Waals surface area contributed by atoms with Crippen molar-refractivity contribution >= 4 is 0 Å². The van der Waals surface area contributed by atoms with Crippen molar-refractivity contribution in [3.8, 4) is 11.8 Å². The van der Waals surface area contributed by atoms with Crippen molar-refractivity contribution in [1.29, 1.82) is 0 Å². The quantitative estimate of drug-likeness (QED) is 0.906. The summed E-state index contributed by atoms with van der Waals surface area (Å²) in [6, 6.07) is 4.21. The third-order valence-corrected chi connectivity index (χ3v) is 3.03. The third kappa shape index (κ3) is 3.30. The van der Waals surface area contributed by atoms with Crippen LogP contribution in [-0.2, 0) is 13.0 Å². The highest BCUT2D eigenvalue weighted by Crippen LogP contribution is 2.22. The van der Waals surface area contributed by atoms with Crippen LogP contribution >= 0.6 is 0 Å². The molecule has 0 saturated carbocycles. The molecule has 0 bridgehead atoms. The van der Waals surface area contributed by atoms with Crippen LogP contribution in [0.4, 0.5) is 0 Å². The maximum atomic E-state index is 5.76. The molecule has 1 N–H and O–H groups in total. The molecule has 0 saturated heterocycles. The van der Waals surface area contributed by atoms with Crippen LogP contribution in [0.3, 0.4) is 0 Å². The molecule has 0 fully saturated rings. The van der Waals surface area contributed by atoms with Crippen molar-refractivity contribution < 1.29 is 4.74 Å². The van der Waals surface area contributed by atoms with Gasteiger partial charge in [0.2, 0.25) is 0 Å². The second kappa shape index (κ2) is 6.43. The fourth-order valence-electron chi connectivity index (χ4n) is 1.93. The van der Waals surface area contributed by atoms with E-state index in [4.69, 9.17) is 4.74 Å². The van der Waals surface area contributed by atoms with E-state index in [0.717, 1.165) is 41.4 Å². The Morgan fingerprint density at radius 2 is 2.00 bits per heavy atom. The van der Waals surface area contributed by atoms with E-state index in [9.17, 15) is 0 Å². The van der Waals surface area contributed by atoms with Crippen molar-refractivity contribution in [2.75, 3.05) is 7.05 Å². The van der Waals surface area contributed by atoms with Crippen molar-refractivity contribution in [2.24, 2.45) is 0 Å². The lowest BCUT2D eigenvalue weighted by atomic mass is 10.2. The molecule has 0 amide bonds. The zero-order chi connectivity index (χ0) is 14.5. The lowest BCUT2D eigenvalue weighted by molar-refractivity contribution is 0.431. The van der Waals surface area contributed by atoms with Gasteiger partial charge in [-0.3, -0.25) is 4.98 Å². The molecule has 0 spiro atoms. The minimum atomic E-state index is 0.364. The molecule has 0 unspecified atom stereocenters. The first-order valence-corrected chi connectivity index (χ1v) is 6.75. The van der Waals surface area contributed by atoms with E-state index in [1.54, 1.807) is 6.20 Å². The lowest BCUT2D eigenvalue weighted by Gasteiger charge is -2.10. The Balaban J connectivity index is 2.24. The van der Waals surface area contributed by atoms with E-state index in [2.05, 4.69) is 27.2 Å². The van der Waals surface area contributed by atoms with Crippen molar-refractivity contribution in [1.82, 2.24) is 20.3 Å². The Morgan fingerprint density at radius 1 is 1.20 bits per heavy atom. The van der Waals surface area contributed by atoms with Crippen LogP contribution in [0, 0.1) is 13.8 Å². The summed E-state index contributed by atoms with van der Waals surface area (Å²) in [5.41, 5.74) is 3.89. The molecule has 0 aliphatic rings. The Bertz CT molecular complexity index is 598. The molecule has 106 valence electrons. The van der Waals surface area contributed by atoms with Crippen LogP contribution in [0.25, 0.3) is 0 Å². The summed E-state index contributed by atoms with van der Waals surface area (Å²) >= 11 is 0. The van der Waals surface area contributed by atoms with Gasteiger partial charge in [-0.1, -0.05) is 6.92 Å². The Morgan fingerprint density at radius 3 is 2.65 bits per heavy atom. The molecular formula is C15H20N4O. The summed E-state index contributed by atoms with van der Waals surface area (Å²) in [7, 11) is 1.90. The monoisotopic (exact) mass is 272 g/mol. The highest BCUT2D eigenvalue weighted by Gasteiger charge is 2.09. The van der Waals surface area contributed by atoms with Crippen LogP contribution < -0.4 is 10.1 Å². The molecule has 0 aliphatic carbocycles. The van der Waals surface area contributed by atoms with Gasteiger partial charge in [0.05, 0.1) is 5.69 Å². The van der Waals surface area contributed by atoms with Gasteiger partial charge < -0.3 is 10.1 Å². The molecule has 2 aromatic rings. The molecule has 2 aromatic heterocycles. The average Bonchev–Trinajstić information content (AvgIpc) is 2.44. The first-order chi connectivity index (χ1) is 9.63. The highest BCUT2D eigenvalue weighted by atomic mass is 16.5. The first-order valence-electron chi connectivity index (χ1n) is 6.75. The normalized spacial score (nSPS) is 10.6. The molecule has 2 rings (SSSR count). The van der Waals surface area contributed by atoms with Gasteiger partial charge >= 0.3 is 6.01 Å². The third-order valence-electron chi connectivity index (χ3n) is 3.03. The summed E-state index contributed by atoms with van der Waals surface area (Å²) in [5, 5.41) is 3.09. The van der Waals surface area contributed by atoms with Crippen LogP contribution in [0.2, 0.25) is 0 Å². The Kier molecular flexibility index (Phi) is 4.63. The predicted molar refractivity (Wildman–Crippen MR) is 78.0 cm³/mol. The smallest absolute Gasteiger partial charge is 0.322 e. The van der Waals surface area contributed by atoms with E-state index < -0.39 is 0 Å². The Labute approximate surface area is 119 Å². The van der Waals surface area contributed by atoms with Gasteiger partial charge in [0.25, 0.3) is 0 Å². The standard InChI is InChI=1S/C15H20N4O/c1-5-13-14(7-6-10(2)18-13)20-15-17-9-12(8-16-4)11(3)19-15/h6-7,9,16H,5,8H2,1-4H3. The number of ether oxygens (including phenoxy) is 1. The summed E-state index contributed by atoms with van der Waals surface area (Å²) < 4.78 is 5.76. The SMILES string of the molecule is CCc1nc(C)ccc1Oc1ncc(CNC)c(C)n1. The Hall–Kier alpha value is -2.01. The molecule has 0 aromatic carbocycles. The van der Waals surface area contributed by atoms with Gasteiger partial charge in [-0.2, -0.15) is 4.98 Å². The number of rotatable bonds is 5. The molecular weight excluding hydrogens is 252 g/mol. The van der Waals surface area contributed by atoms with E-state index in [1.807, 2.05) is 33.0 Å². The van der Waals surface area contributed by atoms with Crippen LogP contribution in [0.1, 0.15) is 29.6 Å². The predicted octanol–water partition coefficient (Wildman–Crippen LogP) is 2.56. The average molecular weight is 272 g/mol. The molecule has 20 heavy (non-hydrogen) atoms. The zero-order valence-corrected chi connectivity index (χ0v) is 12.4. The highest BCUT2D eigenvalue weighted by molar-refractivity contribution is 5.32. The number of aryl methyl sites for hydroxylation is 3. The second-order valence-electron chi connectivity index (χ2n) is 4.65. The molecule has 0 radical (unpaired) electrons. The van der Waals surface area contributed by atoms with Crippen molar-refractivity contribution in [3.63, 3.8) is 0 Å². The summed E-state index contributed by atoms with van der Waals surface area (Å²) in [6.07, 6.45) is 2.61. The number of hydrogen-bond donors (Lipinski definition) is 1. The van der Waals surface area contributed by atoms with Gasteiger partial charge in [-0.05, 0) is 39.4 Å². The topological polar surface area (TPSA) is 59.9 Å². The number of pyridine rings is 1. The molecule has 0 aliphatic heterocycles. The van der Waals surface area contributed by atoms with Crippen LogP contribution in [-0.4, -0.2) is 22.0 Å². The molecule has 2 heterocycles. The zero-order valence-electron chi connectivity index (χ0n) is 12.4. The first kappa shape index (κ1) is 14.4. The van der Waals surface area contributed by atoms with Crippen LogP contribution in [0.5, 0.6) is 11.8 Å². The largest absolute Gasteiger partial charge is 0.422 e. The van der Waals surface area contributed by atoms with Gasteiger partial charge in [0.1, 0.15) is 0 Å². The lowest BCUT2D eigenvalue weighted by Crippen LogP contribution is -2.09. The maximum absolute atomic E-state index is 5.76. The van der Waals surface area contributed by atoms with E-state index in [-0.39, 0.29) is 0 Å². The number of hydrogen-bond acceptors (Lipinski definition) is 5. The minimum Gasteiger partial charge on any atom is -0.422 e. The number of nitrogens with zero attached hydrogens (tertiary/aromatic N) is 3. The van der Waals surface area contributed by atoms with Gasteiger partial charge in [-0.15, -0.1) is 0 Å². The molecule has 5 nitrogen and oxygen atoms in total. The van der Waals surface area contributed by atoms with E-state index >= 15 is 0 Å². The minimum absolute atomic E-state index is 0.364. The number of nitrogens with one attached hydrogen (secondary N) is 1. The fourth-order valence-corrected chi connectivity index (χ4v) is 1.93. The van der Waals surface area contributed by atoms with Crippen molar-refractivity contribution in [2.45, 2.75) is 33.7 Å². The van der Waals surface area contributed by atoms with Crippen LogP contribution in [0.15, 0.2) is 18.3 Å². The second-order valence-corrected chi connectivity index (χ2v) is 4.65. The maximum Gasteiger partial charge on any atom is 0.322 e. The fraction of sp³-hybridized carbons (Fsp3) is 0.400. The van der Waals surface area contributed by atoms with Gasteiger partial charge in [0.15, 0.2) is 5.75 Å². The summed E-state index contributed by atoms with van der Waals surface area (Å²) in [5.74, 6) is 0.721. The van der Waals surface area contributed by atoms with Gasteiger partial charge in [-0.25, -0.2) is 4.98 Å². The summed E-state index contributed by atoms with van der Waals surface area (Å²) in [6.45, 7) is 6.72. The van der Waals surface area contributed by atoms with E-state index in [1.165, 1.54) is 0 Å². The van der Waals surface area contributed by atoms with Crippen molar-refractivity contribution in [3.05, 3.63) is 41.0 Å². The van der Waals surface area contributed by atoms with Gasteiger partial charge in [0, 0.05) is 29.7 Å².